The molecule has 0 fully saturated rings. The van der Waals surface area contributed by atoms with E-state index in [0.29, 0.717) is 41.8 Å². The molecule has 2 aromatic heterocycles. The van der Waals surface area contributed by atoms with Gasteiger partial charge in [0.25, 0.3) is 5.56 Å². The van der Waals surface area contributed by atoms with Crippen molar-refractivity contribution in [3.05, 3.63) is 99.3 Å². The standard InChI is InChI=1S/C29H30BrN5O4/c1-20(27-33-25-13-4-3-12-24(25)28(37)35(27)17-8-14-26(36)39-2)34(18-15-22-10-5-6-16-31-22)29(38)32-23-11-7-9-21(30)19-23/h3-7,9-13,16,19-20H,8,14-15,17-18H2,1-2H3,(H,32,38). The van der Waals surface area contributed by atoms with E-state index in [1.165, 1.54) is 7.11 Å². The molecule has 0 bridgehead atoms. The summed E-state index contributed by atoms with van der Waals surface area (Å²) in [6.45, 7) is 2.45. The van der Waals surface area contributed by atoms with E-state index in [9.17, 15) is 14.4 Å². The maximum Gasteiger partial charge on any atom is 0.322 e. The van der Waals surface area contributed by atoms with E-state index in [1.807, 2.05) is 49.4 Å². The first-order chi connectivity index (χ1) is 18.9. The Kier molecular flexibility index (Phi) is 9.43. The zero-order chi connectivity index (χ0) is 27.8. The minimum atomic E-state index is -0.573. The van der Waals surface area contributed by atoms with E-state index in [1.54, 1.807) is 39.9 Å². The molecule has 4 rings (SSSR count). The van der Waals surface area contributed by atoms with Gasteiger partial charge in [0.05, 0.1) is 24.1 Å². The number of anilines is 1. The number of rotatable bonds is 10. The van der Waals surface area contributed by atoms with Crippen LogP contribution in [0.2, 0.25) is 0 Å². The van der Waals surface area contributed by atoms with Gasteiger partial charge in [-0.1, -0.05) is 40.2 Å². The molecular formula is C29H30BrN5O4. The number of halogens is 1. The second-order valence-electron chi connectivity index (χ2n) is 9.00. The lowest BCUT2D eigenvalue weighted by atomic mass is 10.1. The molecule has 39 heavy (non-hydrogen) atoms. The van der Waals surface area contributed by atoms with Crippen molar-refractivity contribution in [1.29, 1.82) is 0 Å². The molecule has 2 heterocycles. The van der Waals surface area contributed by atoms with E-state index < -0.39 is 6.04 Å². The molecule has 2 aromatic carbocycles. The normalized spacial score (nSPS) is 11.7. The van der Waals surface area contributed by atoms with Gasteiger partial charge in [-0.25, -0.2) is 9.78 Å². The molecule has 0 aliphatic rings. The summed E-state index contributed by atoms with van der Waals surface area (Å²) < 4.78 is 7.17. The molecule has 4 aromatic rings. The molecule has 1 N–H and O–H groups in total. The zero-order valence-corrected chi connectivity index (χ0v) is 23.4. The van der Waals surface area contributed by atoms with Crippen molar-refractivity contribution < 1.29 is 14.3 Å². The van der Waals surface area contributed by atoms with Crippen LogP contribution in [0.1, 0.15) is 37.3 Å². The monoisotopic (exact) mass is 591 g/mol. The molecule has 202 valence electrons. The number of nitrogens with zero attached hydrogens (tertiary/aromatic N) is 4. The van der Waals surface area contributed by atoms with Crippen molar-refractivity contribution >= 4 is 44.5 Å². The van der Waals surface area contributed by atoms with E-state index >= 15 is 0 Å². The Bertz CT molecular complexity index is 1510. The van der Waals surface area contributed by atoms with Gasteiger partial charge in [0.2, 0.25) is 0 Å². The molecule has 0 saturated carbocycles. The first-order valence-corrected chi connectivity index (χ1v) is 13.5. The second kappa shape index (κ2) is 13.1. The summed E-state index contributed by atoms with van der Waals surface area (Å²) in [4.78, 5) is 49.9. The molecule has 10 heteroatoms. The molecule has 0 saturated heterocycles. The summed E-state index contributed by atoms with van der Waals surface area (Å²) in [5.41, 5.74) is 1.80. The molecule has 9 nitrogen and oxygen atoms in total. The number of ether oxygens (including phenoxy) is 1. The number of aromatic nitrogens is 3. The largest absolute Gasteiger partial charge is 0.469 e. The molecule has 0 radical (unpaired) electrons. The maximum atomic E-state index is 13.7. The van der Waals surface area contributed by atoms with E-state index in [0.717, 1.165) is 10.2 Å². The van der Waals surface area contributed by atoms with Crippen LogP contribution in [0.3, 0.4) is 0 Å². The van der Waals surface area contributed by atoms with Gasteiger partial charge in [0.15, 0.2) is 0 Å². The molecule has 2 amide bonds. The summed E-state index contributed by atoms with van der Waals surface area (Å²) in [6.07, 6.45) is 2.78. The number of para-hydroxylation sites is 1. The van der Waals surface area contributed by atoms with E-state index in [4.69, 9.17) is 9.72 Å². The predicted octanol–water partition coefficient (Wildman–Crippen LogP) is 5.35. The fourth-order valence-corrected chi connectivity index (χ4v) is 4.76. The number of benzene rings is 2. The van der Waals surface area contributed by atoms with Gasteiger partial charge in [0, 0.05) is 48.0 Å². The third-order valence-corrected chi connectivity index (χ3v) is 6.89. The smallest absolute Gasteiger partial charge is 0.322 e. The number of urea groups is 1. The molecule has 1 unspecified atom stereocenters. The minimum absolute atomic E-state index is 0.163. The second-order valence-corrected chi connectivity index (χ2v) is 9.92. The minimum Gasteiger partial charge on any atom is -0.469 e. The molecule has 1 atom stereocenters. The molecular weight excluding hydrogens is 562 g/mol. The summed E-state index contributed by atoms with van der Waals surface area (Å²) in [6, 6.07) is 19.2. The number of fused-ring (bicyclic) bond motifs is 1. The summed E-state index contributed by atoms with van der Waals surface area (Å²) in [7, 11) is 1.34. The van der Waals surface area contributed by atoms with Crippen molar-refractivity contribution in [3.8, 4) is 0 Å². The van der Waals surface area contributed by atoms with Gasteiger partial charge >= 0.3 is 12.0 Å². The Balaban J connectivity index is 1.71. The van der Waals surface area contributed by atoms with Crippen LogP contribution in [-0.4, -0.2) is 45.1 Å². The molecule has 0 aliphatic carbocycles. The predicted molar refractivity (Wildman–Crippen MR) is 153 cm³/mol. The van der Waals surface area contributed by atoms with Gasteiger partial charge in [-0.05, 0) is 55.8 Å². The van der Waals surface area contributed by atoms with Crippen molar-refractivity contribution in [2.75, 3.05) is 19.0 Å². The lowest BCUT2D eigenvalue weighted by Gasteiger charge is -2.30. The SMILES string of the molecule is COC(=O)CCCn1c(C(C)N(CCc2ccccn2)C(=O)Nc2cccc(Br)c2)nc2ccccc2c1=O. The first-order valence-electron chi connectivity index (χ1n) is 12.7. The van der Waals surface area contributed by atoms with Crippen LogP contribution in [0.4, 0.5) is 10.5 Å². The molecule has 0 spiro atoms. The van der Waals surface area contributed by atoms with Crippen LogP contribution in [0.15, 0.2) is 82.2 Å². The van der Waals surface area contributed by atoms with Crippen LogP contribution in [0.5, 0.6) is 0 Å². The summed E-state index contributed by atoms with van der Waals surface area (Å²) in [5, 5.41) is 3.44. The van der Waals surface area contributed by atoms with E-state index in [-0.39, 0.29) is 30.5 Å². The first kappa shape index (κ1) is 28.0. The van der Waals surface area contributed by atoms with Gasteiger partial charge in [0.1, 0.15) is 5.82 Å². The number of carbonyl (C=O) groups is 2. The number of hydrogen-bond donors (Lipinski definition) is 1. The zero-order valence-electron chi connectivity index (χ0n) is 21.8. The van der Waals surface area contributed by atoms with Crippen LogP contribution in [0.25, 0.3) is 10.9 Å². The van der Waals surface area contributed by atoms with Crippen molar-refractivity contribution in [1.82, 2.24) is 19.4 Å². The van der Waals surface area contributed by atoms with Gasteiger partial charge in [-0.2, -0.15) is 0 Å². The highest BCUT2D eigenvalue weighted by Crippen LogP contribution is 2.23. The van der Waals surface area contributed by atoms with Gasteiger partial charge < -0.3 is 15.0 Å². The third-order valence-electron chi connectivity index (χ3n) is 6.39. The van der Waals surface area contributed by atoms with Crippen molar-refractivity contribution in [2.24, 2.45) is 0 Å². The van der Waals surface area contributed by atoms with Crippen LogP contribution < -0.4 is 10.9 Å². The Morgan fingerprint density at radius 2 is 1.90 bits per heavy atom. The fourth-order valence-electron chi connectivity index (χ4n) is 4.36. The number of carbonyl (C=O) groups excluding carboxylic acids is 2. The third kappa shape index (κ3) is 7.08. The highest BCUT2D eigenvalue weighted by molar-refractivity contribution is 9.10. The average Bonchev–Trinajstić information content (AvgIpc) is 2.94. The number of hydrogen-bond acceptors (Lipinski definition) is 6. The Morgan fingerprint density at radius 3 is 2.64 bits per heavy atom. The summed E-state index contributed by atoms with van der Waals surface area (Å²) >= 11 is 3.44. The lowest BCUT2D eigenvalue weighted by molar-refractivity contribution is -0.140. The van der Waals surface area contributed by atoms with Gasteiger partial charge in [-0.15, -0.1) is 0 Å². The Hall–Kier alpha value is -4.05. The van der Waals surface area contributed by atoms with Crippen molar-refractivity contribution in [2.45, 2.75) is 38.8 Å². The quantitative estimate of drug-likeness (QED) is 0.249. The topological polar surface area (TPSA) is 106 Å². The number of methoxy groups -OCH3 is 1. The van der Waals surface area contributed by atoms with Crippen molar-refractivity contribution in [3.63, 3.8) is 0 Å². The van der Waals surface area contributed by atoms with Crippen LogP contribution in [-0.2, 0) is 22.5 Å². The summed E-state index contributed by atoms with van der Waals surface area (Å²) in [5.74, 6) is 0.0887. The fraction of sp³-hybridized carbons (Fsp3) is 0.276. The van der Waals surface area contributed by atoms with E-state index in [2.05, 4.69) is 26.2 Å². The number of nitrogens with one attached hydrogen (secondary N) is 1. The Morgan fingerprint density at radius 1 is 1.10 bits per heavy atom. The number of amides is 2. The highest BCUT2D eigenvalue weighted by Gasteiger charge is 2.26. The molecule has 0 aliphatic heterocycles. The maximum absolute atomic E-state index is 13.7. The number of esters is 1. The lowest BCUT2D eigenvalue weighted by Crippen LogP contribution is -2.41. The Labute approximate surface area is 235 Å². The van der Waals surface area contributed by atoms with Crippen LogP contribution >= 0.6 is 15.9 Å². The number of pyridine rings is 1. The van der Waals surface area contributed by atoms with Crippen LogP contribution in [0, 0.1) is 0 Å². The average molecular weight is 592 g/mol. The van der Waals surface area contributed by atoms with Gasteiger partial charge in [-0.3, -0.25) is 19.1 Å². The highest BCUT2D eigenvalue weighted by atomic mass is 79.9.